The summed E-state index contributed by atoms with van der Waals surface area (Å²) in [5.41, 5.74) is 0.0779. The van der Waals surface area contributed by atoms with Gasteiger partial charge in [-0.3, -0.25) is 4.79 Å². The molecule has 1 aliphatic carbocycles. The van der Waals surface area contributed by atoms with Gasteiger partial charge in [0.15, 0.2) is 0 Å². The van der Waals surface area contributed by atoms with E-state index in [0.29, 0.717) is 0 Å². The minimum absolute atomic E-state index is 0.0779. The number of halogens is 2. The maximum absolute atomic E-state index is 12.8. The summed E-state index contributed by atoms with van der Waals surface area (Å²) in [6.07, 6.45) is 0.516. The lowest BCUT2D eigenvalue weighted by Gasteiger charge is -2.38. The maximum Gasteiger partial charge on any atom is 0.303 e. The zero-order valence-electron chi connectivity index (χ0n) is 9.88. The quantitative estimate of drug-likeness (QED) is 0.807. The van der Waals surface area contributed by atoms with E-state index in [-0.39, 0.29) is 11.3 Å². The summed E-state index contributed by atoms with van der Waals surface area (Å²) >= 11 is 0. The zero-order valence-corrected chi connectivity index (χ0v) is 9.88. The molecule has 1 fully saturated rings. The van der Waals surface area contributed by atoms with Crippen LogP contribution >= 0.6 is 0 Å². The molecule has 0 aromatic carbocycles. The first-order chi connectivity index (χ1) is 7.32. The van der Waals surface area contributed by atoms with Crippen molar-refractivity contribution in [2.75, 3.05) is 0 Å². The van der Waals surface area contributed by atoms with Gasteiger partial charge in [-0.25, -0.2) is 8.78 Å². The Morgan fingerprint density at radius 2 is 2.12 bits per heavy atom. The monoisotopic (exact) mass is 234 g/mol. The summed E-state index contributed by atoms with van der Waals surface area (Å²) in [5.74, 6) is -2.23. The molecule has 1 aliphatic rings. The number of hydrogen-bond donors (Lipinski definition) is 1. The molecule has 2 nitrogen and oxygen atoms in total. The van der Waals surface area contributed by atoms with Crippen LogP contribution in [0.2, 0.25) is 0 Å². The Hall–Kier alpha value is -0.670. The first-order valence-electron chi connectivity index (χ1n) is 5.82. The van der Waals surface area contributed by atoms with E-state index < -0.39 is 24.7 Å². The standard InChI is InChI=1S/C12H20F2O2/c1-12(2)5-3-4-8(7-12)9(11(13)14)6-10(15)16/h8-9,11H,3-7H2,1-2H3,(H,15,16). The highest BCUT2D eigenvalue weighted by Crippen LogP contribution is 2.43. The third-order valence-corrected chi connectivity index (χ3v) is 3.58. The van der Waals surface area contributed by atoms with Crippen LogP contribution in [-0.2, 0) is 4.79 Å². The first kappa shape index (κ1) is 13.4. The van der Waals surface area contributed by atoms with Crippen molar-refractivity contribution >= 4 is 5.97 Å². The Morgan fingerprint density at radius 3 is 2.56 bits per heavy atom. The molecule has 0 amide bonds. The molecule has 4 heteroatoms. The summed E-state index contributed by atoms with van der Waals surface area (Å²) in [5, 5.41) is 8.66. The average Bonchev–Trinajstić information content (AvgIpc) is 2.11. The largest absolute Gasteiger partial charge is 0.481 e. The van der Waals surface area contributed by atoms with Crippen molar-refractivity contribution in [1.29, 1.82) is 0 Å². The van der Waals surface area contributed by atoms with Gasteiger partial charge in [-0.15, -0.1) is 0 Å². The Balaban J connectivity index is 2.67. The van der Waals surface area contributed by atoms with Gasteiger partial charge in [-0.2, -0.15) is 0 Å². The van der Waals surface area contributed by atoms with Gasteiger partial charge in [0.2, 0.25) is 6.43 Å². The van der Waals surface area contributed by atoms with Crippen molar-refractivity contribution in [3.63, 3.8) is 0 Å². The van der Waals surface area contributed by atoms with Gasteiger partial charge in [0.1, 0.15) is 0 Å². The lowest BCUT2D eigenvalue weighted by Crippen LogP contribution is -2.32. The molecule has 0 aliphatic heterocycles. The second-order valence-corrected chi connectivity index (χ2v) is 5.62. The highest BCUT2D eigenvalue weighted by molar-refractivity contribution is 5.67. The van der Waals surface area contributed by atoms with E-state index in [1.54, 1.807) is 0 Å². The molecule has 0 radical (unpaired) electrons. The number of carboxylic acid groups (broad SMARTS) is 1. The van der Waals surface area contributed by atoms with Crippen LogP contribution < -0.4 is 0 Å². The average molecular weight is 234 g/mol. The van der Waals surface area contributed by atoms with Gasteiger partial charge in [0, 0.05) is 5.92 Å². The SMILES string of the molecule is CC1(C)CCCC(C(CC(=O)O)C(F)F)C1. The molecule has 0 aromatic heterocycles. The van der Waals surface area contributed by atoms with E-state index in [9.17, 15) is 13.6 Å². The number of rotatable bonds is 4. The smallest absolute Gasteiger partial charge is 0.303 e. The van der Waals surface area contributed by atoms with Crippen molar-refractivity contribution in [1.82, 2.24) is 0 Å². The normalized spacial score (nSPS) is 26.7. The highest BCUT2D eigenvalue weighted by atomic mass is 19.3. The van der Waals surface area contributed by atoms with Crippen molar-refractivity contribution in [3.8, 4) is 0 Å². The number of alkyl halides is 2. The fourth-order valence-electron chi connectivity index (χ4n) is 2.79. The Morgan fingerprint density at radius 1 is 1.50 bits per heavy atom. The molecule has 1 rings (SSSR count). The van der Waals surface area contributed by atoms with Crippen molar-refractivity contribution in [2.45, 2.75) is 52.4 Å². The van der Waals surface area contributed by atoms with Crippen LogP contribution in [0.25, 0.3) is 0 Å². The molecule has 0 heterocycles. The zero-order chi connectivity index (χ0) is 12.3. The lowest BCUT2D eigenvalue weighted by atomic mass is 9.68. The summed E-state index contributed by atoms with van der Waals surface area (Å²) in [6, 6.07) is 0. The predicted molar refractivity (Wildman–Crippen MR) is 57.5 cm³/mol. The molecule has 16 heavy (non-hydrogen) atoms. The predicted octanol–water partition coefficient (Wildman–Crippen LogP) is 3.56. The van der Waals surface area contributed by atoms with Crippen LogP contribution in [0.4, 0.5) is 8.78 Å². The number of carboxylic acids is 1. The van der Waals surface area contributed by atoms with Gasteiger partial charge in [-0.1, -0.05) is 20.3 Å². The third kappa shape index (κ3) is 3.72. The summed E-state index contributed by atoms with van der Waals surface area (Å²) in [6.45, 7) is 4.14. The summed E-state index contributed by atoms with van der Waals surface area (Å²) < 4.78 is 25.7. The van der Waals surface area contributed by atoms with Crippen molar-refractivity contribution < 1.29 is 18.7 Å². The molecule has 1 N–H and O–H groups in total. The van der Waals surface area contributed by atoms with Crippen LogP contribution in [0.5, 0.6) is 0 Å². The van der Waals surface area contributed by atoms with E-state index in [0.717, 1.165) is 25.7 Å². The van der Waals surface area contributed by atoms with E-state index in [2.05, 4.69) is 13.8 Å². The Kier molecular flexibility index (Phi) is 4.28. The lowest BCUT2D eigenvalue weighted by molar-refractivity contribution is -0.141. The Labute approximate surface area is 95.0 Å². The topological polar surface area (TPSA) is 37.3 Å². The fourth-order valence-corrected chi connectivity index (χ4v) is 2.79. The molecule has 0 saturated heterocycles. The number of carbonyl (C=O) groups is 1. The minimum atomic E-state index is -2.52. The van der Waals surface area contributed by atoms with E-state index in [1.807, 2.05) is 0 Å². The van der Waals surface area contributed by atoms with Gasteiger partial charge >= 0.3 is 5.97 Å². The van der Waals surface area contributed by atoms with Crippen molar-refractivity contribution in [3.05, 3.63) is 0 Å². The molecule has 0 spiro atoms. The fraction of sp³-hybridized carbons (Fsp3) is 0.917. The third-order valence-electron chi connectivity index (χ3n) is 3.58. The molecule has 1 saturated carbocycles. The second-order valence-electron chi connectivity index (χ2n) is 5.62. The molecular weight excluding hydrogens is 214 g/mol. The minimum Gasteiger partial charge on any atom is -0.481 e. The molecule has 94 valence electrons. The highest BCUT2D eigenvalue weighted by Gasteiger charge is 2.37. The van der Waals surface area contributed by atoms with Gasteiger partial charge < -0.3 is 5.11 Å². The summed E-state index contributed by atoms with van der Waals surface area (Å²) in [4.78, 5) is 10.6. The van der Waals surface area contributed by atoms with E-state index >= 15 is 0 Å². The molecular formula is C12H20F2O2. The summed E-state index contributed by atoms with van der Waals surface area (Å²) in [7, 11) is 0. The first-order valence-corrected chi connectivity index (χ1v) is 5.82. The van der Waals surface area contributed by atoms with Crippen LogP contribution in [0, 0.1) is 17.3 Å². The van der Waals surface area contributed by atoms with Crippen molar-refractivity contribution in [2.24, 2.45) is 17.3 Å². The van der Waals surface area contributed by atoms with Crippen LogP contribution in [-0.4, -0.2) is 17.5 Å². The van der Waals surface area contributed by atoms with E-state index in [4.69, 9.17) is 5.11 Å². The number of aliphatic carboxylic acids is 1. The van der Waals surface area contributed by atoms with Gasteiger partial charge in [0.05, 0.1) is 6.42 Å². The van der Waals surface area contributed by atoms with E-state index in [1.165, 1.54) is 0 Å². The second kappa shape index (κ2) is 5.11. The van der Waals surface area contributed by atoms with Crippen LogP contribution in [0.15, 0.2) is 0 Å². The van der Waals surface area contributed by atoms with Gasteiger partial charge in [-0.05, 0) is 30.6 Å². The maximum atomic E-state index is 12.8. The molecule has 0 aromatic rings. The molecule has 0 bridgehead atoms. The van der Waals surface area contributed by atoms with Crippen LogP contribution in [0.1, 0.15) is 46.0 Å². The molecule has 2 unspecified atom stereocenters. The number of hydrogen-bond acceptors (Lipinski definition) is 1. The molecule has 2 atom stereocenters. The Bertz CT molecular complexity index is 251. The van der Waals surface area contributed by atoms with Crippen LogP contribution in [0.3, 0.4) is 0 Å². The van der Waals surface area contributed by atoms with Gasteiger partial charge in [0.25, 0.3) is 0 Å².